The molecule has 1 aliphatic heterocycles. The van der Waals surface area contributed by atoms with Gasteiger partial charge in [-0.3, -0.25) is 9.69 Å². The summed E-state index contributed by atoms with van der Waals surface area (Å²) in [6, 6.07) is 0.282. The van der Waals surface area contributed by atoms with E-state index in [2.05, 4.69) is 45.2 Å². The van der Waals surface area contributed by atoms with Gasteiger partial charge >= 0.3 is 5.97 Å². The van der Waals surface area contributed by atoms with E-state index in [0.29, 0.717) is 38.0 Å². The van der Waals surface area contributed by atoms with Crippen molar-refractivity contribution in [1.29, 1.82) is 0 Å². The number of rotatable bonds is 8. The predicted molar refractivity (Wildman–Crippen MR) is 134 cm³/mol. The third kappa shape index (κ3) is 3.18. The number of ether oxygens (including phenoxy) is 2. The molecule has 4 bridgehead atoms. The van der Waals surface area contributed by atoms with E-state index in [0.717, 1.165) is 43.2 Å². The Bertz CT molecular complexity index is 943. The topological polar surface area (TPSA) is 76.1 Å². The molecule has 194 valence electrons. The second kappa shape index (κ2) is 8.53. The highest BCUT2D eigenvalue weighted by atomic mass is 16.7. The molecule has 6 nitrogen and oxygen atoms in total. The summed E-state index contributed by atoms with van der Waals surface area (Å²) in [6.07, 6.45) is 6.38. The van der Waals surface area contributed by atoms with Gasteiger partial charge in [0.1, 0.15) is 11.7 Å². The van der Waals surface area contributed by atoms with Crippen LogP contribution in [0.25, 0.3) is 0 Å². The zero-order valence-electron chi connectivity index (χ0n) is 22.1. The van der Waals surface area contributed by atoms with Gasteiger partial charge in [-0.25, -0.2) is 0 Å². The molecule has 0 aromatic carbocycles. The van der Waals surface area contributed by atoms with Crippen LogP contribution in [-0.2, 0) is 19.1 Å². The molecule has 1 heterocycles. The lowest BCUT2D eigenvalue weighted by Crippen LogP contribution is -2.64. The lowest BCUT2D eigenvalue weighted by molar-refractivity contribution is -0.227. The lowest BCUT2D eigenvalue weighted by atomic mass is 9.43. The molecule has 5 aliphatic rings. The zero-order valence-corrected chi connectivity index (χ0v) is 22.1. The van der Waals surface area contributed by atoms with Gasteiger partial charge in [-0.2, -0.15) is 0 Å². The number of allylic oxidation sites excluding steroid dienone is 1. The van der Waals surface area contributed by atoms with Crippen LogP contribution < -0.4 is 0 Å². The summed E-state index contributed by atoms with van der Waals surface area (Å²) >= 11 is 0. The summed E-state index contributed by atoms with van der Waals surface area (Å²) in [5.74, 6) is 0.310. The van der Waals surface area contributed by atoms with Crippen LogP contribution in [0.3, 0.4) is 0 Å². The predicted octanol–water partition coefficient (Wildman–Crippen LogP) is 4.55. The number of carboxylic acids is 1. The molecule has 6 heteroatoms. The maximum atomic E-state index is 13.5. The van der Waals surface area contributed by atoms with E-state index in [9.17, 15) is 14.7 Å². The number of carbonyl (C=O) groups is 2. The standard InChI is InChI=1S/C29H43NO5/c1-17(2)12-30-13-25(34-14-20(30)6)35-16-28-11-22-19(5)7-8-23(22)27(15-31)10-21(28)9-24(18(3)4)29(27,28)26(32)33/h9,15,18-23,25H,1,7-8,10-14,16H2,2-6H3,(H,32,33)/t19-,20?,21+,22-,23-,25?,27+,28+,29+/m1/s1. The number of fused-ring (bicyclic) bond motifs is 2. The van der Waals surface area contributed by atoms with Gasteiger partial charge in [0.2, 0.25) is 0 Å². The van der Waals surface area contributed by atoms with E-state index in [4.69, 9.17) is 9.47 Å². The molecule has 35 heavy (non-hydrogen) atoms. The van der Waals surface area contributed by atoms with E-state index in [-0.39, 0.29) is 23.8 Å². The largest absolute Gasteiger partial charge is 0.481 e. The normalized spacial score (nSPS) is 46.5. The SMILES string of the molecule is C=C(C)CN1CC(OC[C@@]23C[C@@H]4[C@H](C)CC[C@H]4[C@@]4(C=O)C[C@@H]2C=C(C(C)C)[C@@]34C(=O)O)OCC1C. The van der Waals surface area contributed by atoms with Crippen LogP contribution in [-0.4, -0.2) is 60.9 Å². The van der Waals surface area contributed by atoms with Gasteiger partial charge in [0.25, 0.3) is 0 Å². The quantitative estimate of drug-likeness (QED) is 0.402. The van der Waals surface area contributed by atoms with Crippen molar-refractivity contribution in [2.45, 2.75) is 72.6 Å². The second-order valence-corrected chi connectivity index (χ2v) is 12.8. The number of morpholine rings is 1. The Balaban J connectivity index is 1.52. The van der Waals surface area contributed by atoms with E-state index in [1.165, 1.54) is 0 Å². The van der Waals surface area contributed by atoms with Crippen LogP contribution in [0.1, 0.15) is 60.3 Å². The van der Waals surface area contributed by atoms with Crippen LogP contribution >= 0.6 is 0 Å². The minimum Gasteiger partial charge on any atom is -0.481 e. The highest BCUT2D eigenvalue weighted by molar-refractivity contribution is 5.90. The first-order valence-electron chi connectivity index (χ1n) is 13.6. The van der Waals surface area contributed by atoms with Crippen molar-refractivity contribution < 1.29 is 24.2 Å². The van der Waals surface area contributed by atoms with Gasteiger partial charge in [-0.1, -0.05) is 51.0 Å². The Morgan fingerprint density at radius 3 is 2.71 bits per heavy atom. The third-order valence-electron chi connectivity index (χ3n) is 10.7. The summed E-state index contributed by atoms with van der Waals surface area (Å²) in [4.78, 5) is 29.0. The maximum absolute atomic E-state index is 13.5. The number of carboxylic acid groups (broad SMARTS) is 1. The first-order chi connectivity index (χ1) is 16.5. The summed E-state index contributed by atoms with van der Waals surface area (Å²) < 4.78 is 12.6. The number of aliphatic carboxylic acids is 1. The number of hydrogen-bond acceptors (Lipinski definition) is 5. The van der Waals surface area contributed by atoms with Gasteiger partial charge in [0.05, 0.1) is 25.2 Å². The van der Waals surface area contributed by atoms with E-state index < -0.39 is 28.5 Å². The molecule has 0 amide bonds. The molecule has 4 aliphatic carbocycles. The average molecular weight is 486 g/mol. The molecule has 0 aromatic heterocycles. The summed E-state index contributed by atoms with van der Waals surface area (Å²) in [7, 11) is 0. The first-order valence-corrected chi connectivity index (χ1v) is 13.6. The number of carbonyl (C=O) groups excluding carboxylic acids is 1. The maximum Gasteiger partial charge on any atom is 0.315 e. The lowest BCUT2D eigenvalue weighted by Gasteiger charge is -2.58. The number of hydrogen-bond donors (Lipinski definition) is 1. The highest BCUT2D eigenvalue weighted by Crippen LogP contribution is 2.82. The van der Waals surface area contributed by atoms with Gasteiger partial charge in [-0.15, -0.1) is 0 Å². The first kappa shape index (κ1) is 25.2. The van der Waals surface area contributed by atoms with Crippen molar-refractivity contribution in [3.05, 3.63) is 23.8 Å². The second-order valence-electron chi connectivity index (χ2n) is 12.8. The molecule has 9 atom stereocenters. The minimum atomic E-state index is -1.19. The van der Waals surface area contributed by atoms with E-state index >= 15 is 0 Å². The summed E-state index contributed by atoms with van der Waals surface area (Å²) in [5, 5.41) is 11.1. The third-order valence-corrected chi connectivity index (χ3v) is 10.7. The van der Waals surface area contributed by atoms with Crippen molar-refractivity contribution in [1.82, 2.24) is 4.90 Å². The van der Waals surface area contributed by atoms with Crippen molar-refractivity contribution in [3.8, 4) is 0 Å². The fraction of sp³-hybridized carbons (Fsp3) is 0.793. The molecule has 0 aromatic rings. The summed E-state index contributed by atoms with van der Waals surface area (Å²) in [6.45, 7) is 17.0. The monoisotopic (exact) mass is 485 g/mol. The minimum absolute atomic E-state index is 0.0491. The average Bonchev–Trinajstić information content (AvgIpc) is 3.36. The Hall–Kier alpha value is -1.50. The van der Waals surface area contributed by atoms with Crippen LogP contribution in [0, 0.1) is 45.8 Å². The molecule has 0 spiro atoms. The van der Waals surface area contributed by atoms with Gasteiger partial charge in [0.15, 0.2) is 6.29 Å². The number of aldehydes is 1. The molecular weight excluding hydrogens is 442 g/mol. The van der Waals surface area contributed by atoms with Crippen molar-refractivity contribution >= 4 is 12.3 Å². The Labute approximate surface area is 210 Å². The van der Waals surface area contributed by atoms with Gasteiger partial charge in [0, 0.05) is 18.0 Å². The molecule has 0 radical (unpaired) electrons. The molecule has 3 saturated carbocycles. The Morgan fingerprint density at radius 1 is 1.34 bits per heavy atom. The highest BCUT2D eigenvalue weighted by Gasteiger charge is 2.84. The fourth-order valence-corrected chi connectivity index (χ4v) is 9.32. The number of nitrogens with zero attached hydrogens (tertiary/aromatic N) is 1. The van der Waals surface area contributed by atoms with Crippen molar-refractivity contribution in [3.63, 3.8) is 0 Å². The smallest absolute Gasteiger partial charge is 0.315 e. The fourth-order valence-electron chi connectivity index (χ4n) is 9.32. The molecule has 5 rings (SSSR count). The molecule has 1 saturated heterocycles. The van der Waals surface area contributed by atoms with Crippen LogP contribution in [0.5, 0.6) is 0 Å². The van der Waals surface area contributed by atoms with E-state index in [1.54, 1.807) is 0 Å². The zero-order chi connectivity index (χ0) is 25.3. The molecule has 2 unspecified atom stereocenters. The molecular formula is C29H43NO5. The molecule has 1 N–H and O–H groups in total. The van der Waals surface area contributed by atoms with Crippen LogP contribution in [0.15, 0.2) is 23.8 Å². The van der Waals surface area contributed by atoms with E-state index in [1.807, 2.05) is 6.92 Å². The van der Waals surface area contributed by atoms with Crippen molar-refractivity contribution in [2.24, 2.45) is 45.8 Å². The van der Waals surface area contributed by atoms with Gasteiger partial charge in [-0.05, 0) is 62.7 Å². The van der Waals surface area contributed by atoms with Crippen LogP contribution in [0.2, 0.25) is 0 Å². The Morgan fingerprint density at radius 2 is 2.09 bits per heavy atom. The molecule has 4 fully saturated rings. The van der Waals surface area contributed by atoms with Gasteiger partial charge < -0.3 is 19.4 Å². The Kier molecular flexibility index (Phi) is 6.13. The van der Waals surface area contributed by atoms with Crippen molar-refractivity contribution in [2.75, 3.05) is 26.3 Å². The van der Waals surface area contributed by atoms with Crippen LogP contribution in [0.4, 0.5) is 0 Å². The summed E-state index contributed by atoms with van der Waals surface area (Å²) in [5.41, 5.74) is -0.583.